The van der Waals surface area contributed by atoms with Crippen LogP contribution < -0.4 is 5.32 Å². The molecule has 1 aliphatic carbocycles. The van der Waals surface area contributed by atoms with Crippen molar-refractivity contribution in [3.63, 3.8) is 0 Å². The van der Waals surface area contributed by atoms with Gasteiger partial charge in [0.1, 0.15) is 0 Å². The van der Waals surface area contributed by atoms with Gasteiger partial charge < -0.3 is 9.88 Å². The van der Waals surface area contributed by atoms with E-state index in [-0.39, 0.29) is 0 Å². The fourth-order valence-corrected chi connectivity index (χ4v) is 3.02. The molecule has 0 radical (unpaired) electrons. The lowest BCUT2D eigenvalue weighted by Crippen LogP contribution is -2.31. The van der Waals surface area contributed by atoms with Crippen LogP contribution in [0.3, 0.4) is 0 Å². The van der Waals surface area contributed by atoms with E-state index in [1.807, 2.05) is 0 Å². The van der Waals surface area contributed by atoms with Crippen LogP contribution in [0.4, 0.5) is 0 Å². The summed E-state index contributed by atoms with van der Waals surface area (Å²) in [6.07, 6.45) is 7.57. The molecule has 102 valence electrons. The molecule has 0 amide bonds. The zero-order valence-corrected chi connectivity index (χ0v) is 11.8. The Balaban J connectivity index is 1.49. The summed E-state index contributed by atoms with van der Waals surface area (Å²) in [5, 5.41) is 5.08. The predicted octanol–water partition coefficient (Wildman–Crippen LogP) is 3.81. The van der Waals surface area contributed by atoms with Gasteiger partial charge in [-0.05, 0) is 55.7 Å². The molecule has 1 saturated carbocycles. The van der Waals surface area contributed by atoms with Gasteiger partial charge in [0.25, 0.3) is 0 Å². The van der Waals surface area contributed by atoms with E-state index in [1.165, 1.54) is 36.6 Å². The van der Waals surface area contributed by atoms with Gasteiger partial charge in [-0.1, -0.05) is 25.1 Å². The molecular formula is C17H24N2. The fraction of sp³-hybridized carbons (Fsp3) is 0.529. The summed E-state index contributed by atoms with van der Waals surface area (Å²) in [6, 6.07) is 11.6. The molecule has 0 bridgehead atoms. The van der Waals surface area contributed by atoms with Gasteiger partial charge in [-0.3, -0.25) is 0 Å². The minimum absolute atomic E-state index is 0.765. The van der Waals surface area contributed by atoms with E-state index in [0.29, 0.717) is 0 Å². The minimum Gasteiger partial charge on any atom is -0.347 e. The highest BCUT2D eigenvalue weighted by Crippen LogP contribution is 2.33. The maximum Gasteiger partial charge on any atom is 0.0480 e. The number of hydrogen-bond acceptors (Lipinski definition) is 1. The van der Waals surface area contributed by atoms with Crippen molar-refractivity contribution in [1.82, 2.24) is 9.88 Å². The van der Waals surface area contributed by atoms with Crippen molar-refractivity contribution >= 4 is 10.9 Å². The number of benzene rings is 1. The van der Waals surface area contributed by atoms with Crippen LogP contribution >= 0.6 is 0 Å². The van der Waals surface area contributed by atoms with Gasteiger partial charge in [-0.15, -0.1) is 0 Å². The molecule has 1 aromatic carbocycles. The van der Waals surface area contributed by atoms with E-state index in [2.05, 4.69) is 53.3 Å². The first kappa shape index (κ1) is 12.7. The van der Waals surface area contributed by atoms with E-state index >= 15 is 0 Å². The number of fused-ring (bicyclic) bond motifs is 1. The fourth-order valence-electron chi connectivity index (χ4n) is 3.02. The molecular weight excluding hydrogens is 232 g/mol. The van der Waals surface area contributed by atoms with Crippen LogP contribution in [0, 0.1) is 5.92 Å². The topological polar surface area (TPSA) is 17.0 Å². The van der Waals surface area contributed by atoms with E-state index in [0.717, 1.165) is 25.0 Å². The van der Waals surface area contributed by atoms with E-state index in [4.69, 9.17) is 0 Å². The number of nitrogens with one attached hydrogen (secondary N) is 1. The molecule has 1 N–H and O–H groups in total. The third-order valence-corrected chi connectivity index (χ3v) is 4.29. The van der Waals surface area contributed by atoms with Crippen LogP contribution in [0.5, 0.6) is 0 Å². The summed E-state index contributed by atoms with van der Waals surface area (Å²) in [4.78, 5) is 0. The third kappa shape index (κ3) is 3.01. The van der Waals surface area contributed by atoms with Gasteiger partial charge in [0.2, 0.25) is 0 Å². The minimum atomic E-state index is 0.765. The second-order valence-corrected chi connectivity index (χ2v) is 5.73. The maximum absolute atomic E-state index is 3.73. The number of aryl methyl sites for hydroxylation is 1. The van der Waals surface area contributed by atoms with E-state index < -0.39 is 0 Å². The molecule has 1 unspecified atom stereocenters. The second-order valence-electron chi connectivity index (χ2n) is 5.73. The first-order valence-corrected chi connectivity index (χ1v) is 7.65. The van der Waals surface area contributed by atoms with Crippen LogP contribution in [0.2, 0.25) is 0 Å². The second kappa shape index (κ2) is 5.79. The van der Waals surface area contributed by atoms with Gasteiger partial charge in [0.15, 0.2) is 0 Å². The van der Waals surface area contributed by atoms with Crippen molar-refractivity contribution in [1.29, 1.82) is 0 Å². The lowest BCUT2D eigenvalue weighted by Gasteiger charge is -2.16. The highest BCUT2D eigenvalue weighted by molar-refractivity contribution is 5.79. The van der Waals surface area contributed by atoms with Crippen molar-refractivity contribution < 1.29 is 0 Å². The smallest absolute Gasteiger partial charge is 0.0480 e. The summed E-state index contributed by atoms with van der Waals surface area (Å²) < 4.78 is 2.37. The SMILES string of the molecule is CCC(NCCCn1ccc2ccccc21)C1CC1. The maximum atomic E-state index is 3.73. The van der Waals surface area contributed by atoms with Gasteiger partial charge in [-0.25, -0.2) is 0 Å². The van der Waals surface area contributed by atoms with Crippen LogP contribution in [0.25, 0.3) is 10.9 Å². The summed E-state index contributed by atoms with van der Waals surface area (Å²) in [7, 11) is 0. The van der Waals surface area contributed by atoms with Crippen LogP contribution in [-0.2, 0) is 6.54 Å². The number of para-hydroxylation sites is 1. The van der Waals surface area contributed by atoms with Crippen molar-refractivity contribution in [3.8, 4) is 0 Å². The third-order valence-electron chi connectivity index (χ3n) is 4.29. The Morgan fingerprint density at radius 2 is 2.11 bits per heavy atom. The summed E-state index contributed by atoms with van der Waals surface area (Å²) in [6.45, 7) is 4.55. The molecule has 0 saturated heterocycles. The lowest BCUT2D eigenvalue weighted by atomic mass is 10.1. The van der Waals surface area contributed by atoms with Crippen LogP contribution in [-0.4, -0.2) is 17.2 Å². The highest BCUT2D eigenvalue weighted by atomic mass is 15.0. The molecule has 2 heteroatoms. The molecule has 19 heavy (non-hydrogen) atoms. The number of aromatic nitrogens is 1. The van der Waals surface area contributed by atoms with E-state index in [9.17, 15) is 0 Å². The van der Waals surface area contributed by atoms with Crippen molar-refractivity contribution in [2.45, 2.75) is 45.2 Å². The van der Waals surface area contributed by atoms with Crippen LogP contribution in [0.1, 0.15) is 32.6 Å². The normalized spacial score (nSPS) is 16.9. The van der Waals surface area contributed by atoms with Gasteiger partial charge in [0, 0.05) is 24.3 Å². The molecule has 1 aliphatic rings. The Bertz CT molecular complexity index is 525. The predicted molar refractivity (Wildman–Crippen MR) is 81.4 cm³/mol. The van der Waals surface area contributed by atoms with Crippen LogP contribution in [0.15, 0.2) is 36.5 Å². The number of hydrogen-bond donors (Lipinski definition) is 1. The monoisotopic (exact) mass is 256 g/mol. The average molecular weight is 256 g/mol. The molecule has 3 rings (SSSR count). The highest BCUT2D eigenvalue weighted by Gasteiger charge is 2.29. The molecule has 1 heterocycles. The molecule has 0 spiro atoms. The molecule has 1 atom stereocenters. The van der Waals surface area contributed by atoms with Gasteiger partial charge in [0.05, 0.1) is 0 Å². The summed E-state index contributed by atoms with van der Waals surface area (Å²) in [5.41, 5.74) is 1.36. The summed E-state index contributed by atoms with van der Waals surface area (Å²) in [5.74, 6) is 0.970. The Morgan fingerprint density at radius 1 is 1.26 bits per heavy atom. The van der Waals surface area contributed by atoms with Crippen molar-refractivity contribution in [3.05, 3.63) is 36.5 Å². The lowest BCUT2D eigenvalue weighted by molar-refractivity contribution is 0.438. The quantitative estimate of drug-likeness (QED) is 0.745. The first-order chi connectivity index (χ1) is 9.38. The zero-order chi connectivity index (χ0) is 13.1. The average Bonchev–Trinajstić information content (AvgIpc) is 3.20. The molecule has 1 fully saturated rings. The molecule has 2 nitrogen and oxygen atoms in total. The molecule has 2 aromatic rings. The first-order valence-electron chi connectivity index (χ1n) is 7.65. The Labute approximate surface area is 115 Å². The van der Waals surface area contributed by atoms with Gasteiger partial charge >= 0.3 is 0 Å². The number of rotatable bonds is 7. The van der Waals surface area contributed by atoms with Crippen molar-refractivity contribution in [2.75, 3.05) is 6.54 Å². The zero-order valence-electron chi connectivity index (χ0n) is 11.8. The standard InChI is InChI=1S/C17H24N2/c1-2-16(14-8-9-14)18-11-5-12-19-13-10-15-6-3-4-7-17(15)19/h3-4,6-7,10,13-14,16,18H,2,5,8-9,11-12H2,1H3. The Kier molecular flexibility index (Phi) is 3.88. The van der Waals surface area contributed by atoms with E-state index in [1.54, 1.807) is 0 Å². The summed E-state index contributed by atoms with van der Waals surface area (Å²) >= 11 is 0. The largest absolute Gasteiger partial charge is 0.347 e. The molecule has 0 aliphatic heterocycles. The van der Waals surface area contributed by atoms with Crippen molar-refractivity contribution in [2.24, 2.45) is 5.92 Å². The Morgan fingerprint density at radius 3 is 2.89 bits per heavy atom. The number of nitrogens with zero attached hydrogens (tertiary/aromatic N) is 1. The molecule has 1 aromatic heterocycles. The van der Waals surface area contributed by atoms with Gasteiger partial charge in [-0.2, -0.15) is 0 Å². The Hall–Kier alpha value is -1.28.